The smallest absolute Gasteiger partial charge is 0.324 e. The largest absolute Gasteiger partial charge is 0.335 e. The van der Waals surface area contributed by atoms with E-state index in [0.717, 1.165) is 37.9 Å². The van der Waals surface area contributed by atoms with Crippen LogP contribution in [0.2, 0.25) is 0 Å². The molecular weight excluding hydrogens is 315 g/mol. The summed E-state index contributed by atoms with van der Waals surface area (Å²) >= 11 is 1.32. The summed E-state index contributed by atoms with van der Waals surface area (Å²) in [5.74, 6) is 0.764. The van der Waals surface area contributed by atoms with Gasteiger partial charge in [0, 0.05) is 0 Å². The van der Waals surface area contributed by atoms with Gasteiger partial charge in [-0.2, -0.15) is 0 Å². The molecule has 0 fully saturated rings. The molecule has 0 atom stereocenters. The first-order valence-corrected chi connectivity index (χ1v) is 10.7. The summed E-state index contributed by atoms with van der Waals surface area (Å²) in [5.41, 5.74) is 4.10. The highest BCUT2D eigenvalue weighted by Crippen LogP contribution is 2.38. The summed E-state index contributed by atoms with van der Waals surface area (Å²) in [6.07, 6.45) is 12.0. The highest BCUT2D eigenvalue weighted by molar-refractivity contribution is 8.04. The molecule has 0 spiro atoms. The van der Waals surface area contributed by atoms with Crippen LogP contribution < -0.4 is 0 Å². The Kier molecular flexibility index (Phi) is 12.0. The molecule has 0 aromatic heterocycles. The standard InChI is InChI=1S/C17H31O3PS/c1-15(2)8-5-9-16(3)10-6-11-17(4)12-7-13-22-14-21(18,19)20/h8,10,12H,5-7,9,11,13-14H2,1-4H3,(H2,18,19,20)/b16-10+,17-12+. The highest BCUT2D eigenvalue weighted by atomic mass is 32.2. The topological polar surface area (TPSA) is 57.5 Å². The summed E-state index contributed by atoms with van der Waals surface area (Å²) < 4.78 is 10.7. The Morgan fingerprint density at radius 2 is 1.41 bits per heavy atom. The van der Waals surface area contributed by atoms with Crippen molar-refractivity contribution in [2.45, 2.75) is 59.8 Å². The Morgan fingerprint density at radius 3 is 1.91 bits per heavy atom. The SMILES string of the molecule is CC(C)=CCC/C(C)=C/CC/C(C)=C/CCSCP(=O)(O)O. The van der Waals surface area contributed by atoms with E-state index in [1.165, 1.54) is 28.5 Å². The number of hydrogen-bond donors (Lipinski definition) is 2. The molecule has 0 aromatic carbocycles. The molecule has 22 heavy (non-hydrogen) atoms. The molecule has 0 bridgehead atoms. The zero-order chi connectivity index (χ0) is 17.0. The minimum atomic E-state index is -3.84. The number of hydrogen-bond acceptors (Lipinski definition) is 2. The zero-order valence-corrected chi connectivity index (χ0v) is 16.1. The fourth-order valence-electron chi connectivity index (χ4n) is 1.91. The lowest BCUT2D eigenvalue weighted by molar-refractivity contribution is 0.379. The van der Waals surface area contributed by atoms with Crippen molar-refractivity contribution in [1.82, 2.24) is 0 Å². The predicted octanol–water partition coefficient (Wildman–Crippen LogP) is 5.66. The molecule has 0 aliphatic carbocycles. The van der Waals surface area contributed by atoms with Crippen LogP contribution in [-0.4, -0.2) is 21.0 Å². The second-order valence-corrected chi connectivity index (χ2v) is 9.13. The van der Waals surface area contributed by atoms with Crippen LogP contribution in [0.4, 0.5) is 0 Å². The van der Waals surface area contributed by atoms with Gasteiger partial charge in [-0.15, -0.1) is 11.8 Å². The summed E-state index contributed by atoms with van der Waals surface area (Å²) in [6.45, 7) is 8.58. The maximum absolute atomic E-state index is 10.7. The van der Waals surface area contributed by atoms with Gasteiger partial charge in [0.05, 0.1) is 5.49 Å². The van der Waals surface area contributed by atoms with Crippen LogP contribution in [0.1, 0.15) is 59.8 Å². The van der Waals surface area contributed by atoms with E-state index in [2.05, 4.69) is 45.9 Å². The molecule has 0 unspecified atom stereocenters. The first-order valence-electron chi connectivity index (χ1n) is 7.77. The Bertz CT molecular complexity index is 443. The van der Waals surface area contributed by atoms with Crippen molar-refractivity contribution in [2.75, 3.05) is 11.2 Å². The molecule has 0 saturated heterocycles. The fraction of sp³-hybridized carbons (Fsp3) is 0.647. The van der Waals surface area contributed by atoms with Crippen molar-refractivity contribution in [3.63, 3.8) is 0 Å². The van der Waals surface area contributed by atoms with Gasteiger partial charge in [-0.3, -0.25) is 4.57 Å². The zero-order valence-electron chi connectivity index (χ0n) is 14.3. The Balaban J connectivity index is 3.83. The molecule has 0 aliphatic rings. The van der Waals surface area contributed by atoms with E-state index in [0.29, 0.717) is 0 Å². The molecule has 2 N–H and O–H groups in total. The van der Waals surface area contributed by atoms with Gasteiger partial charge < -0.3 is 9.79 Å². The van der Waals surface area contributed by atoms with Gasteiger partial charge in [0.1, 0.15) is 0 Å². The molecule has 0 rings (SSSR count). The van der Waals surface area contributed by atoms with Crippen molar-refractivity contribution >= 4 is 19.4 Å². The monoisotopic (exact) mass is 346 g/mol. The first kappa shape index (κ1) is 21.7. The van der Waals surface area contributed by atoms with Gasteiger partial charge in [0.25, 0.3) is 0 Å². The Hall–Kier alpha value is -0.280. The minimum absolute atomic E-state index is 0.0759. The van der Waals surface area contributed by atoms with Crippen molar-refractivity contribution in [3.8, 4) is 0 Å². The number of allylic oxidation sites excluding steroid dienone is 6. The van der Waals surface area contributed by atoms with Gasteiger partial charge in [-0.25, -0.2) is 0 Å². The van der Waals surface area contributed by atoms with Crippen molar-refractivity contribution in [1.29, 1.82) is 0 Å². The van der Waals surface area contributed by atoms with Crippen LogP contribution in [0, 0.1) is 0 Å². The first-order chi connectivity index (χ1) is 10.2. The summed E-state index contributed by atoms with van der Waals surface area (Å²) in [6, 6.07) is 0. The quantitative estimate of drug-likeness (QED) is 0.288. The van der Waals surface area contributed by atoms with Crippen LogP contribution >= 0.6 is 19.4 Å². The molecular formula is C17H31O3PS. The number of rotatable bonds is 11. The molecule has 5 heteroatoms. The van der Waals surface area contributed by atoms with E-state index in [-0.39, 0.29) is 5.49 Å². The van der Waals surface area contributed by atoms with Gasteiger partial charge in [0.2, 0.25) is 0 Å². The van der Waals surface area contributed by atoms with Gasteiger partial charge in [-0.05, 0) is 65.6 Å². The van der Waals surface area contributed by atoms with E-state index < -0.39 is 7.60 Å². The van der Waals surface area contributed by atoms with E-state index in [1.807, 2.05) is 0 Å². The summed E-state index contributed by atoms with van der Waals surface area (Å²) in [5, 5.41) is 0. The van der Waals surface area contributed by atoms with Crippen molar-refractivity contribution < 1.29 is 14.4 Å². The maximum atomic E-state index is 10.7. The molecule has 0 radical (unpaired) electrons. The molecule has 0 amide bonds. The summed E-state index contributed by atoms with van der Waals surface area (Å²) in [4.78, 5) is 17.5. The molecule has 0 heterocycles. The second kappa shape index (κ2) is 12.2. The Labute approximate surface area is 140 Å². The van der Waals surface area contributed by atoms with E-state index in [9.17, 15) is 4.57 Å². The van der Waals surface area contributed by atoms with E-state index in [1.54, 1.807) is 0 Å². The number of thioether (sulfide) groups is 1. The average molecular weight is 346 g/mol. The van der Waals surface area contributed by atoms with E-state index >= 15 is 0 Å². The second-order valence-electron chi connectivity index (χ2n) is 5.95. The van der Waals surface area contributed by atoms with Gasteiger partial charge in [-0.1, -0.05) is 34.9 Å². The molecule has 0 aliphatic heterocycles. The lowest BCUT2D eigenvalue weighted by Gasteiger charge is -2.03. The van der Waals surface area contributed by atoms with Crippen LogP contribution in [0.15, 0.2) is 34.9 Å². The van der Waals surface area contributed by atoms with Crippen molar-refractivity contribution in [2.24, 2.45) is 0 Å². The van der Waals surface area contributed by atoms with Crippen LogP contribution in [0.25, 0.3) is 0 Å². The van der Waals surface area contributed by atoms with Gasteiger partial charge in [0.15, 0.2) is 0 Å². The lowest BCUT2D eigenvalue weighted by atomic mass is 10.1. The third kappa shape index (κ3) is 16.1. The Morgan fingerprint density at radius 1 is 0.909 bits per heavy atom. The molecule has 0 aromatic rings. The highest BCUT2D eigenvalue weighted by Gasteiger charge is 2.11. The average Bonchev–Trinajstić information content (AvgIpc) is 2.36. The molecule has 128 valence electrons. The lowest BCUT2D eigenvalue weighted by Crippen LogP contribution is -1.85. The third-order valence-electron chi connectivity index (χ3n) is 3.14. The third-order valence-corrected chi connectivity index (χ3v) is 5.74. The normalized spacial score (nSPS) is 13.4. The summed E-state index contributed by atoms with van der Waals surface area (Å²) in [7, 11) is -3.84. The minimum Gasteiger partial charge on any atom is -0.324 e. The van der Waals surface area contributed by atoms with Crippen LogP contribution in [0.5, 0.6) is 0 Å². The maximum Gasteiger partial charge on any atom is 0.335 e. The molecule has 3 nitrogen and oxygen atoms in total. The van der Waals surface area contributed by atoms with Crippen LogP contribution in [-0.2, 0) is 4.57 Å². The fourth-order valence-corrected chi connectivity index (χ4v) is 3.66. The van der Waals surface area contributed by atoms with Crippen LogP contribution in [0.3, 0.4) is 0 Å². The molecule has 0 saturated carbocycles. The van der Waals surface area contributed by atoms with E-state index in [4.69, 9.17) is 9.79 Å². The van der Waals surface area contributed by atoms with Crippen molar-refractivity contribution in [3.05, 3.63) is 34.9 Å². The van der Waals surface area contributed by atoms with Gasteiger partial charge >= 0.3 is 7.60 Å². The predicted molar refractivity (Wildman–Crippen MR) is 99.4 cm³/mol.